The fraction of sp³-hybridized carbons (Fsp3) is 0.357. The van der Waals surface area contributed by atoms with Crippen molar-refractivity contribution in [2.45, 2.75) is 25.4 Å². The Balaban J connectivity index is 1.86. The van der Waals surface area contributed by atoms with Crippen LogP contribution in [-0.4, -0.2) is 31.6 Å². The number of hydrogen-bond acceptors (Lipinski definition) is 4. The van der Waals surface area contributed by atoms with Gasteiger partial charge in [-0.2, -0.15) is 5.10 Å². The molecule has 1 aliphatic carbocycles. The van der Waals surface area contributed by atoms with E-state index in [0.29, 0.717) is 24.0 Å². The van der Waals surface area contributed by atoms with E-state index in [0.717, 1.165) is 18.5 Å². The van der Waals surface area contributed by atoms with Crippen LogP contribution < -0.4 is 5.73 Å². The Morgan fingerprint density at radius 1 is 1.50 bits per heavy atom. The number of anilines is 1. The molecule has 0 aromatic carbocycles. The summed E-state index contributed by atoms with van der Waals surface area (Å²) in [5.74, 6) is -0.0735. The number of amides is 1. The number of aryl methyl sites for hydroxylation is 1. The average molecular weight is 271 g/mol. The first-order valence-corrected chi connectivity index (χ1v) is 6.65. The molecule has 2 aromatic heterocycles. The summed E-state index contributed by atoms with van der Waals surface area (Å²) in [6, 6.07) is 6.01. The van der Waals surface area contributed by atoms with Crippen LogP contribution in [0.1, 0.15) is 29.0 Å². The zero-order valence-electron chi connectivity index (χ0n) is 11.4. The molecule has 0 saturated heterocycles. The monoisotopic (exact) mass is 271 g/mol. The lowest BCUT2D eigenvalue weighted by atomic mass is 10.2. The van der Waals surface area contributed by atoms with E-state index >= 15 is 0 Å². The van der Waals surface area contributed by atoms with Crippen molar-refractivity contribution >= 4 is 11.6 Å². The molecule has 3 rings (SSSR count). The minimum atomic E-state index is -0.0735. The summed E-state index contributed by atoms with van der Waals surface area (Å²) in [5.41, 5.74) is 7.60. The molecule has 2 aromatic rings. The zero-order chi connectivity index (χ0) is 14.1. The molecular weight excluding hydrogens is 254 g/mol. The normalized spacial score (nSPS) is 14.2. The van der Waals surface area contributed by atoms with E-state index in [1.165, 1.54) is 10.9 Å². The van der Waals surface area contributed by atoms with E-state index < -0.39 is 0 Å². The zero-order valence-corrected chi connectivity index (χ0v) is 11.4. The van der Waals surface area contributed by atoms with Crippen molar-refractivity contribution in [3.8, 4) is 0 Å². The molecule has 1 amide bonds. The second kappa shape index (κ2) is 4.96. The number of pyridine rings is 1. The smallest absolute Gasteiger partial charge is 0.274 e. The van der Waals surface area contributed by atoms with Gasteiger partial charge in [-0.15, -0.1) is 0 Å². The van der Waals surface area contributed by atoms with Gasteiger partial charge >= 0.3 is 0 Å². The van der Waals surface area contributed by atoms with Crippen molar-refractivity contribution in [3.63, 3.8) is 0 Å². The maximum atomic E-state index is 12.7. The number of nitrogen functional groups attached to an aromatic ring is 1. The standard InChI is InChI=1S/C14H17N5O/c1-18-13(12(15)8-17-18)14(20)19(11-5-6-11)9-10-4-2-3-7-16-10/h2-4,7-8,11H,5-6,9,15H2,1H3. The van der Waals surface area contributed by atoms with Gasteiger partial charge in [-0.05, 0) is 25.0 Å². The Labute approximate surface area is 117 Å². The molecule has 6 heteroatoms. The molecule has 0 radical (unpaired) electrons. The summed E-state index contributed by atoms with van der Waals surface area (Å²) in [6.45, 7) is 0.509. The fourth-order valence-electron chi connectivity index (χ4n) is 2.27. The Morgan fingerprint density at radius 2 is 2.30 bits per heavy atom. The van der Waals surface area contributed by atoms with Gasteiger partial charge in [-0.3, -0.25) is 14.5 Å². The van der Waals surface area contributed by atoms with Crippen molar-refractivity contribution in [2.75, 3.05) is 5.73 Å². The largest absolute Gasteiger partial charge is 0.396 e. The highest BCUT2D eigenvalue weighted by molar-refractivity contribution is 5.97. The predicted octanol–water partition coefficient (Wildman–Crippen LogP) is 1.20. The first-order valence-electron chi connectivity index (χ1n) is 6.65. The molecule has 6 nitrogen and oxygen atoms in total. The SMILES string of the molecule is Cn1ncc(N)c1C(=O)N(Cc1ccccn1)C1CC1. The van der Waals surface area contributed by atoms with Crippen LogP contribution in [0.25, 0.3) is 0 Å². The minimum absolute atomic E-state index is 0.0735. The van der Waals surface area contributed by atoms with E-state index in [-0.39, 0.29) is 5.91 Å². The van der Waals surface area contributed by atoms with Crippen LogP contribution >= 0.6 is 0 Å². The molecule has 0 unspecified atom stereocenters. The number of nitrogens with two attached hydrogens (primary N) is 1. The third-order valence-corrected chi connectivity index (χ3v) is 3.48. The van der Waals surface area contributed by atoms with Crippen LogP contribution in [0.5, 0.6) is 0 Å². The molecule has 0 spiro atoms. The maximum Gasteiger partial charge on any atom is 0.274 e. The average Bonchev–Trinajstić information content (AvgIpc) is 3.23. The van der Waals surface area contributed by atoms with Crippen LogP contribution in [0, 0.1) is 0 Å². The maximum absolute atomic E-state index is 12.7. The molecule has 1 saturated carbocycles. The Hall–Kier alpha value is -2.37. The van der Waals surface area contributed by atoms with Gasteiger partial charge in [0.25, 0.3) is 5.91 Å². The molecular formula is C14H17N5O. The predicted molar refractivity (Wildman–Crippen MR) is 74.8 cm³/mol. The summed E-state index contributed by atoms with van der Waals surface area (Å²) in [5, 5.41) is 4.03. The highest BCUT2D eigenvalue weighted by Crippen LogP contribution is 2.30. The highest BCUT2D eigenvalue weighted by Gasteiger charge is 2.35. The lowest BCUT2D eigenvalue weighted by Crippen LogP contribution is -2.34. The second-order valence-electron chi connectivity index (χ2n) is 5.06. The second-order valence-corrected chi connectivity index (χ2v) is 5.06. The van der Waals surface area contributed by atoms with Crippen molar-refractivity contribution < 1.29 is 4.79 Å². The van der Waals surface area contributed by atoms with Gasteiger partial charge in [0, 0.05) is 19.3 Å². The fourth-order valence-corrected chi connectivity index (χ4v) is 2.27. The lowest BCUT2D eigenvalue weighted by molar-refractivity contribution is 0.0717. The summed E-state index contributed by atoms with van der Waals surface area (Å²) in [4.78, 5) is 18.8. The summed E-state index contributed by atoms with van der Waals surface area (Å²) >= 11 is 0. The van der Waals surface area contributed by atoms with E-state index in [1.807, 2.05) is 23.1 Å². The number of rotatable bonds is 4. The van der Waals surface area contributed by atoms with E-state index in [9.17, 15) is 4.79 Å². The van der Waals surface area contributed by atoms with Gasteiger partial charge < -0.3 is 10.6 Å². The van der Waals surface area contributed by atoms with Crippen LogP contribution in [-0.2, 0) is 13.6 Å². The minimum Gasteiger partial charge on any atom is -0.396 e. The van der Waals surface area contributed by atoms with E-state index in [2.05, 4.69) is 10.1 Å². The van der Waals surface area contributed by atoms with Gasteiger partial charge in [0.1, 0.15) is 5.69 Å². The summed E-state index contributed by atoms with van der Waals surface area (Å²) < 4.78 is 1.53. The summed E-state index contributed by atoms with van der Waals surface area (Å²) in [7, 11) is 1.73. The molecule has 104 valence electrons. The third kappa shape index (κ3) is 2.36. The Kier molecular flexibility index (Phi) is 3.14. The molecule has 0 atom stereocenters. The van der Waals surface area contributed by atoms with Crippen LogP contribution in [0.4, 0.5) is 5.69 Å². The van der Waals surface area contributed by atoms with Gasteiger partial charge in [0.2, 0.25) is 0 Å². The number of hydrogen-bond donors (Lipinski definition) is 1. The third-order valence-electron chi connectivity index (χ3n) is 3.48. The number of carbonyl (C=O) groups excluding carboxylic acids is 1. The first-order chi connectivity index (χ1) is 9.66. The molecule has 2 N–H and O–H groups in total. The van der Waals surface area contributed by atoms with Crippen LogP contribution in [0.2, 0.25) is 0 Å². The molecule has 1 aliphatic rings. The van der Waals surface area contributed by atoms with Gasteiger partial charge in [-0.25, -0.2) is 0 Å². The Morgan fingerprint density at radius 3 is 2.85 bits per heavy atom. The van der Waals surface area contributed by atoms with Crippen molar-refractivity contribution in [3.05, 3.63) is 42.0 Å². The van der Waals surface area contributed by atoms with Crippen molar-refractivity contribution in [2.24, 2.45) is 7.05 Å². The molecule has 2 heterocycles. The van der Waals surface area contributed by atoms with E-state index in [4.69, 9.17) is 5.73 Å². The number of aromatic nitrogens is 3. The van der Waals surface area contributed by atoms with Gasteiger partial charge in [0.15, 0.2) is 0 Å². The van der Waals surface area contributed by atoms with E-state index in [1.54, 1.807) is 13.2 Å². The van der Waals surface area contributed by atoms with Gasteiger partial charge in [-0.1, -0.05) is 6.07 Å². The molecule has 20 heavy (non-hydrogen) atoms. The highest BCUT2D eigenvalue weighted by atomic mass is 16.2. The molecule has 0 bridgehead atoms. The topological polar surface area (TPSA) is 77.0 Å². The first kappa shape index (κ1) is 12.7. The summed E-state index contributed by atoms with van der Waals surface area (Å²) in [6.07, 6.45) is 5.33. The molecule has 1 fully saturated rings. The van der Waals surface area contributed by atoms with Crippen LogP contribution in [0.15, 0.2) is 30.6 Å². The molecule has 0 aliphatic heterocycles. The van der Waals surface area contributed by atoms with Gasteiger partial charge in [0.05, 0.1) is 24.1 Å². The lowest BCUT2D eigenvalue weighted by Gasteiger charge is -2.22. The Bertz CT molecular complexity index is 598. The number of carbonyl (C=O) groups is 1. The van der Waals surface area contributed by atoms with Crippen LogP contribution in [0.3, 0.4) is 0 Å². The quantitative estimate of drug-likeness (QED) is 0.906. The number of nitrogens with zero attached hydrogens (tertiary/aromatic N) is 4. The van der Waals surface area contributed by atoms with Crippen molar-refractivity contribution in [1.29, 1.82) is 0 Å². The van der Waals surface area contributed by atoms with Crippen molar-refractivity contribution in [1.82, 2.24) is 19.7 Å².